The molecule has 0 radical (unpaired) electrons. The van der Waals surface area contributed by atoms with Crippen LogP contribution in [0.5, 0.6) is 0 Å². The molecule has 0 spiro atoms. The fourth-order valence-corrected chi connectivity index (χ4v) is 1.05. The molecular formula is C8H10ClN3O. The molecule has 0 aliphatic rings. The molecule has 0 aliphatic heterocycles. The summed E-state index contributed by atoms with van der Waals surface area (Å²) in [5, 5.41) is 3.32. The number of anilines is 1. The van der Waals surface area contributed by atoms with Crippen molar-refractivity contribution in [2.45, 2.75) is 6.92 Å². The molecule has 0 fully saturated rings. The summed E-state index contributed by atoms with van der Waals surface area (Å²) in [5.41, 5.74) is 6.36. The second kappa shape index (κ2) is 4.09. The Labute approximate surface area is 81.1 Å². The summed E-state index contributed by atoms with van der Waals surface area (Å²) in [4.78, 5) is 14.4. The van der Waals surface area contributed by atoms with Gasteiger partial charge in [-0.1, -0.05) is 11.6 Å². The lowest BCUT2D eigenvalue weighted by molar-refractivity contribution is -0.116. The Balaban J connectivity index is 2.77. The number of hydrogen-bond donors (Lipinski definition) is 2. The molecule has 1 amide bonds. The summed E-state index contributed by atoms with van der Waals surface area (Å²) in [7, 11) is 0. The Morgan fingerprint density at radius 3 is 3.08 bits per heavy atom. The molecule has 1 aromatic heterocycles. The number of amides is 1. The number of pyridine rings is 1. The first kappa shape index (κ1) is 9.80. The van der Waals surface area contributed by atoms with Crippen LogP contribution in [0.3, 0.4) is 0 Å². The number of nitrogens with zero attached hydrogens (tertiary/aromatic N) is 1. The molecule has 4 nitrogen and oxygen atoms in total. The summed E-state index contributed by atoms with van der Waals surface area (Å²) in [6.45, 7) is 1.86. The van der Waals surface area contributed by atoms with Crippen LogP contribution in [0.1, 0.15) is 5.69 Å². The molecule has 1 rings (SSSR count). The van der Waals surface area contributed by atoms with Gasteiger partial charge in [0.2, 0.25) is 5.91 Å². The van der Waals surface area contributed by atoms with Gasteiger partial charge < -0.3 is 11.1 Å². The monoisotopic (exact) mass is 199 g/mol. The number of carbonyl (C=O) groups is 1. The fourth-order valence-electron chi connectivity index (χ4n) is 0.867. The average Bonchev–Trinajstić information content (AvgIpc) is 2.07. The number of carbonyl (C=O) groups excluding carboxylic acids is 1. The highest BCUT2D eigenvalue weighted by molar-refractivity contribution is 6.33. The van der Waals surface area contributed by atoms with Crippen molar-refractivity contribution in [2.75, 3.05) is 11.9 Å². The minimum atomic E-state index is -0.425. The van der Waals surface area contributed by atoms with Crippen molar-refractivity contribution in [2.24, 2.45) is 5.73 Å². The van der Waals surface area contributed by atoms with E-state index < -0.39 is 5.91 Å². The van der Waals surface area contributed by atoms with Crippen LogP contribution in [0.15, 0.2) is 12.3 Å². The van der Waals surface area contributed by atoms with E-state index in [2.05, 4.69) is 10.3 Å². The second-order valence-electron chi connectivity index (χ2n) is 2.58. The minimum absolute atomic E-state index is 0.0726. The first-order valence-electron chi connectivity index (χ1n) is 3.74. The molecule has 3 N–H and O–H groups in total. The van der Waals surface area contributed by atoms with Crippen LogP contribution >= 0.6 is 11.6 Å². The van der Waals surface area contributed by atoms with Gasteiger partial charge in [-0.25, -0.2) is 0 Å². The summed E-state index contributed by atoms with van der Waals surface area (Å²) >= 11 is 5.90. The SMILES string of the molecule is Cc1nccc(NCC(N)=O)c1Cl. The van der Waals surface area contributed by atoms with Gasteiger partial charge in [-0.3, -0.25) is 9.78 Å². The zero-order valence-corrected chi connectivity index (χ0v) is 7.93. The van der Waals surface area contributed by atoms with E-state index in [1.165, 1.54) is 0 Å². The topological polar surface area (TPSA) is 68.0 Å². The van der Waals surface area contributed by atoms with E-state index in [4.69, 9.17) is 17.3 Å². The maximum atomic E-state index is 10.5. The highest BCUT2D eigenvalue weighted by Gasteiger charge is 2.03. The molecule has 0 unspecified atom stereocenters. The largest absolute Gasteiger partial charge is 0.375 e. The maximum absolute atomic E-state index is 10.5. The van der Waals surface area contributed by atoms with Gasteiger partial charge in [-0.15, -0.1) is 0 Å². The van der Waals surface area contributed by atoms with Crippen molar-refractivity contribution in [1.29, 1.82) is 0 Å². The van der Waals surface area contributed by atoms with Crippen molar-refractivity contribution >= 4 is 23.2 Å². The molecule has 0 aromatic carbocycles. The van der Waals surface area contributed by atoms with Crippen LogP contribution in [-0.4, -0.2) is 17.4 Å². The van der Waals surface area contributed by atoms with Gasteiger partial charge >= 0.3 is 0 Å². The van der Waals surface area contributed by atoms with Crippen LogP contribution in [0, 0.1) is 6.92 Å². The number of aromatic nitrogens is 1. The third-order valence-electron chi connectivity index (χ3n) is 1.52. The summed E-state index contributed by atoms with van der Waals surface area (Å²) in [6, 6.07) is 1.69. The Morgan fingerprint density at radius 1 is 1.77 bits per heavy atom. The van der Waals surface area contributed by atoms with E-state index >= 15 is 0 Å². The first-order chi connectivity index (χ1) is 6.11. The lowest BCUT2D eigenvalue weighted by atomic mass is 10.3. The lowest BCUT2D eigenvalue weighted by Crippen LogP contribution is -2.22. The van der Waals surface area contributed by atoms with E-state index in [0.717, 1.165) is 5.69 Å². The predicted molar refractivity (Wildman–Crippen MR) is 51.7 cm³/mol. The zero-order valence-electron chi connectivity index (χ0n) is 7.17. The van der Waals surface area contributed by atoms with Crippen molar-refractivity contribution in [3.63, 3.8) is 0 Å². The van der Waals surface area contributed by atoms with Gasteiger partial charge in [-0.2, -0.15) is 0 Å². The number of halogens is 1. The number of primary amides is 1. The minimum Gasteiger partial charge on any atom is -0.375 e. The molecule has 5 heteroatoms. The van der Waals surface area contributed by atoms with Crippen molar-refractivity contribution in [3.05, 3.63) is 23.0 Å². The van der Waals surface area contributed by atoms with Gasteiger partial charge in [-0.05, 0) is 13.0 Å². The third-order valence-corrected chi connectivity index (χ3v) is 1.99. The average molecular weight is 200 g/mol. The predicted octanol–water partition coefficient (Wildman–Crippen LogP) is 0.941. The number of nitrogens with two attached hydrogens (primary N) is 1. The number of hydrogen-bond acceptors (Lipinski definition) is 3. The second-order valence-corrected chi connectivity index (χ2v) is 2.96. The van der Waals surface area contributed by atoms with Crippen LogP contribution in [0.4, 0.5) is 5.69 Å². The quantitative estimate of drug-likeness (QED) is 0.762. The van der Waals surface area contributed by atoms with Gasteiger partial charge in [0.25, 0.3) is 0 Å². The highest BCUT2D eigenvalue weighted by Crippen LogP contribution is 2.22. The van der Waals surface area contributed by atoms with E-state index in [-0.39, 0.29) is 6.54 Å². The molecule has 0 saturated heterocycles. The number of rotatable bonds is 3. The zero-order chi connectivity index (χ0) is 9.84. The smallest absolute Gasteiger partial charge is 0.236 e. The Morgan fingerprint density at radius 2 is 2.46 bits per heavy atom. The van der Waals surface area contributed by atoms with Crippen LogP contribution in [0.2, 0.25) is 5.02 Å². The van der Waals surface area contributed by atoms with E-state index in [1.807, 2.05) is 0 Å². The lowest BCUT2D eigenvalue weighted by Gasteiger charge is -2.06. The fraction of sp³-hybridized carbons (Fsp3) is 0.250. The van der Waals surface area contributed by atoms with Gasteiger partial charge in [0.1, 0.15) is 0 Å². The maximum Gasteiger partial charge on any atom is 0.236 e. The normalized spacial score (nSPS) is 9.69. The van der Waals surface area contributed by atoms with Crippen molar-refractivity contribution in [1.82, 2.24) is 4.98 Å². The number of nitrogens with one attached hydrogen (secondary N) is 1. The molecule has 0 aliphatic carbocycles. The van der Waals surface area contributed by atoms with E-state index in [9.17, 15) is 4.79 Å². The third kappa shape index (κ3) is 2.59. The van der Waals surface area contributed by atoms with Crippen LogP contribution in [0.25, 0.3) is 0 Å². The standard InChI is InChI=1S/C8H10ClN3O/c1-5-8(9)6(2-3-11-5)12-4-7(10)13/h2-3H,4H2,1H3,(H2,10,13)(H,11,12). The Kier molecular flexibility index (Phi) is 3.08. The van der Waals surface area contributed by atoms with Crippen LogP contribution in [-0.2, 0) is 4.79 Å². The van der Waals surface area contributed by atoms with Gasteiger partial charge in [0, 0.05) is 6.20 Å². The Hall–Kier alpha value is -1.29. The van der Waals surface area contributed by atoms with E-state index in [0.29, 0.717) is 10.7 Å². The molecule has 70 valence electrons. The molecule has 1 heterocycles. The number of aryl methyl sites for hydroxylation is 1. The molecular weight excluding hydrogens is 190 g/mol. The van der Waals surface area contributed by atoms with E-state index in [1.54, 1.807) is 19.2 Å². The summed E-state index contributed by atoms with van der Waals surface area (Å²) in [6.07, 6.45) is 1.62. The first-order valence-corrected chi connectivity index (χ1v) is 4.12. The van der Waals surface area contributed by atoms with Gasteiger partial charge in [0.15, 0.2) is 0 Å². The molecule has 0 bridgehead atoms. The molecule has 1 aromatic rings. The van der Waals surface area contributed by atoms with Crippen molar-refractivity contribution < 1.29 is 4.79 Å². The molecule has 13 heavy (non-hydrogen) atoms. The summed E-state index contributed by atoms with van der Waals surface area (Å²) in [5.74, 6) is -0.425. The van der Waals surface area contributed by atoms with Crippen LogP contribution < -0.4 is 11.1 Å². The summed E-state index contributed by atoms with van der Waals surface area (Å²) < 4.78 is 0. The molecule has 0 atom stereocenters. The van der Waals surface area contributed by atoms with Gasteiger partial charge in [0.05, 0.1) is 22.9 Å². The molecule has 0 saturated carbocycles. The highest BCUT2D eigenvalue weighted by atomic mass is 35.5. The van der Waals surface area contributed by atoms with Crippen molar-refractivity contribution in [3.8, 4) is 0 Å². The Bertz CT molecular complexity index is 327.